The van der Waals surface area contributed by atoms with E-state index in [-0.39, 0.29) is 6.04 Å². The molecule has 2 rings (SSSR count). The van der Waals surface area contributed by atoms with Crippen LogP contribution < -0.4 is 5.32 Å². The number of aliphatic hydroxyl groups is 1. The third kappa shape index (κ3) is 5.59. The highest BCUT2D eigenvalue weighted by Gasteiger charge is 2.09. The van der Waals surface area contributed by atoms with E-state index in [9.17, 15) is 5.11 Å². The molecule has 1 heterocycles. The molecule has 3 nitrogen and oxygen atoms in total. The lowest BCUT2D eigenvalue weighted by Crippen LogP contribution is -2.32. The van der Waals surface area contributed by atoms with Crippen LogP contribution in [0.1, 0.15) is 29.0 Å². The lowest BCUT2D eigenvalue weighted by atomic mass is 10.1. The van der Waals surface area contributed by atoms with E-state index in [1.54, 1.807) is 11.3 Å². The summed E-state index contributed by atoms with van der Waals surface area (Å²) in [4.78, 5) is 1.18. The van der Waals surface area contributed by atoms with E-state index >= 15 is 0 Å². The Labute approximate surface area is 130 Å². The summed E-state index contributed by atoms with van der Waals surface area (Å²) in [6, 6.07) is 12.7. The highest BCUT2D eigenvalue weighted by atomic mass is 32.1. The van der Waals surface area contributed by atoms with Crippen LogP contribution in [0.5, 0.6) is 0 Å². The number of rotatable bonds is 8. The molecule has 2 unspecified atom stereocenters. The summed E-state index contributed by atoms with van der Waals surface area (Å²) in [6.07, 6.45) is -0.488. The van der Waals surface area contributed by atoms with Gasteiger partial charge in [0.2, 0.25) is 0 Å². The predicted molar refractivity (Wildman–Crippen MR) is 87.6 cm³/mol. The van der Waals surface area contributed by atoms with Crippen LogP contribution in [0.4, 0.5) is 0 Å². The fraction of sp³-hybridized carbons (Fsp3) is 0.412. The Morgan fingerprint density at radius 3 is 2.67 bits per heavy atom. The molecule has 21 heavy (non-hydrogen) atoms. The van der Waals surface area contributed by atoms with Gasteiger partial charge >= 0.3 is 0 Å². The molecule has 0 saturated carbocycles. The largest absolute Gasteiger partial charge is 0.389 e. The summed E-state index contributed by atoms with van der Waals surface area (Å²) in [5, 5.41) is 15.3. The second-order valence-electron chi connectivity index (χ2n) is 5.29. The van der Waals surface area contributed by atoms with Crippen molar-refractivity contribution in [2.45, 2.75) is 32.6 Å². The molecule has 0 radical (unpaired) electrons. The van der Waals surface area contributed by atoms with E-state index in [1.807, 2.05) is 17.5 Å². The van der Waals surface area contributed by atoms with Crippen molar-refractivity contribution >= 4 is 11.3 Å². The second kappa shape index (κ2) is 8.29. The van der Waals surface area contributed by atoms with Gasteiger partial charge in [-0.3, -0.25) is 0 Å². The zero-order valence-electron chi connectivity index (χ0n) is 12.6. The average Bonchev–Trinajstić information content (AvgIpc) is 2.99. The van der Waals surface area contributed by atoms with Gasteiger partial charge in [-0.1, -0.05) is 35.9 Å². The minimum Gasteiger partial charge on any atom is -0.389 e. The van der Waals surface area contributed by atoms with Crippen LogP contribution in [0.15, 0.2) is 41.8 Å². The minimum atomic E-state index is -0.488. The zero-order valence-corrected chi connectivity index (χ0v) is 13.4. The Balaban J connectivity index is 1.66. The van der Waals surface area contributed by atoms with Crippen molar-refractivity contribution in [2.24, 2.45) is 0 Å². The van der Waals surface area contributed by atoms with Crippen LogP contribution in [-0.2, 0) is 11.3 Å². The molecular formula is C17H23NO2S. The van der Waals surface area contributed by atoms with Crippen molar-refractivity contribution in [3.8, 4) is 0 Å². The molecule has 0 bridgehead atoms. The lowest BCUT2D eigenvalue weighted by molar-refractivity contribution is 0.0288. The number of aryl methyl sites for hydroxylation is 1. The van der Waals surface area contributed by atoms with Gasteiger partial charge < -0.3 is 15.2 Å². The van der Waals surface area contributed by atoms with Gasteiger partial charge in [0, 0.05) is 17.5 Å². The molecule has 0 aliphatic heterocycles. The standard InChI is InChI=1S/C17H23NO2S/c1-13-5-7-15(8-6-13)14(2)18-10-16(19)11-20-12-17-4-3-9-21-17/h3-9,14,16,18-19H,10-12H2,1-2H3. The number of benzene rings is 1. The van der Waals surface area contributed by atoms with Gasteiger partial charge in [-0.15, -0.1) is 11.3 Å². The Morgan fingerprint density at radius 2 is 2.00 bits per heavy atom. The van der Waals surface area contributed by atoms with Crippen molar-refractivity contribution in [3.05, 3.63) is 57.8 Å². The molecule has 114 valence electrons. The molecule has 0 fully saturated rings. The highest BCUT2D eigenvalue weighted by Crippen LogP contribution is 2.13. The Morgan fingerprint density at radius 1 is 1.24 bits per heavy atom. The van der Waals surface area contributed by atoms with Gasteiger partial charge in [0.05, 0.1) is 19.3 Å². The highest BCUT2D eigenvalue weighted by molar-refractivity contribution is 7.09. The molecule has 2 aromatic rings. The normalized spacial score (nSPS) is 14.0. The first-order valence-electron chi connectivity index (χ1n) is 7.23. The quantitative estimate of drug-likeness (QED) is 0.786. The molecule has 4 heteroatoms. The Hall–Kier alpha value is -1.20. The van der Waals surface area contributed by atoms with E-state index in [2.05, 4.69) is 43.4 Å². The van der Waals surface area contributed by atoms with E-state index in [0.717, 1.165) is 0 Å². The van der Waals surface area contributed by atoms with Gasteiger partial charge in [0.15, 0.2) is 0 Å². The summed E-state index contributed by atoms with van der Waals surface area (Å²) in [5.74, 6) is 0. The van der Waals surface area contributed by atoms with E-state index in [0.29, 0.717) is 19.8 Å². The molecule has 1 aromatic heterocycles. The SMILES string of the molecule is Cc1ccc(C(C)NCC(O)COCc2cccs2)cc1. The number of aliphatic hydroxyl groups excluding tert-OH is 1. The number of hydrogen-bond donors (Lipinski definition) is 2. The Bertz CT molecular complexity index is 510. The fourth-order valence-electron chi connectivity index (χ4n) is 2.03. The van der Waals surface area contributed by atoms with Gasteiger partial charge in [-0.05, 0) is 30.9 Å². The van der Waals surface area contributed by atoms with Crippen molar-refractivity contribution in [3.63, 3.8) is 0 Å². The van der Waals surface area contributed by atoms with Crippen LogP contribution in [0, 0.1) is 6.92 Å². The second-order valence-corrected chi connectivity index (χ2v) is 6.32. The van der Waals surface area contributed by atoms with Gasteiger partial charge in [-0.2, -0.15) is 0 Å². The smallest absolute Gasteiger partial charge is 0.0898 e. The number of hydrogen-bond acceptors (Lipinski definition) is 4. The fourth-order valence-corrected chi connectivity index (χ4v) is 2.68. The molecule has 2 atom stereocenters. The third-order valence-corrected chi connectivity index (χ3v) is 4.22. The van der Waals surface area contributed by atoms with Gasteiger partial charge in [0.1, 0.15) is 0 Å². The van der Waals surface area contributed by atoms with Crippen molar-refractivity contribution < 1.29 is 9.84 Å². The molecule has 0 aliphatic carbocycles. The first-order valence-corrected chi connectivity index (χ1v) is 8.11. The minimum absolute atomic E-state index is 0.220. The molecule has 0 aliphatic rings. The van der Waals surface area contributed by atoms with E-state index in [4.69, 9.17) is 4.74 Å². The zero-order chi connectivity index (χ0) is 15.1. The monoisotopic (exact) mass is 305 g/mol. The van der Waals surface area contributed by atoms with Crippen LogP contribution in [0.2, 0.25) is 0 Å². The predicted octanol–water partition coefficient (Wildman–Crippen LogP) is 3.28. The van der Waals surface area contributed by atoms with Crippen LogP contribution in [0.3, 0.4) is 0 Å². The van der Waals surface area contributed by atoms with Gasteiger partial charge in [-0.25, -0.2) is 0 Å². The molecule has 0 saturated heterocycles. The number of ether oxygens (including phenoxy) is 1. The van der Waals surface area contributed by atoms with Crippen molar-refractivity contribution in [1.82, 2.24) is 5.32 Å². The van der Waals surface area contributed by atoms with Crippen LogP contribution in [-0.4, -0.2) is 24.4 Å². The molecule has 0 spiro atoms. The maximum atomic E-state index is 9.93. The van der Waals surface area contributed by atoms with E-state index in [1.165, 1.54) is 16.0 Å². The van der Waals surface area contributed by atoms with Gasteiger partial charge in [0.25, 0.3) is 0 Å². The number of thiophene rings is 1. The third-order valence-electron chi connectivity index (χ3n) is 3.37. The number of nitrogens with one attached hydrogen (secondary N) is 1. The maximum Gasteiger partial charge on any atom is 0.0898 e. The molecular weight excluding hydrogens is 282 g/mol. The first-order chi connectivity index (χ1) is 10.1. The average molecular weight is 305 g/mol. The maximum absolute atomic E-state index is 9.93. The summed E-state index contributed by atoms with van der Waals surface area (Å²) >= 11 is 1.67. The van der Waals surface area contributed by atoms with Crippen LogP contribution in [0.25, 0.3) is 0 Å². The topological polar surface area (TPSA) is 41.5 Å². The van der Waals surface area contributed by atoms with Crippen LogP contribution >= 0.6 is 11.3 Å². The molecule has 1 aromatic carbocycles. The summed E-state index contributed by atoms with van der Waals surface area (Å²) in [7, 11) is 0. The summed E-state index contributed by atoms with van der Waals surface area (Å²) < 4.78 is 5.51. The Kier molecular flexibility index (Phi) is 6.39. The van der Waals surface area contributed by atoms with Crippen molar-refractivity contribution in [2.75, 3.05) is 13.2 Å². The summed E-state index contributed by atoms with van der Waals surface area (Å²) in [5.41, 5.74) is 2.49. The molecule has 0 amide bonds. The van der Waals surface area contributed by atoms with Crippen molar-refractivity contribution in [1.29, 1.82) is 0 Å². The first kappa shape index (κ1) is 16.2. The summed E-state index contributed by atoms with van der Waals surface area (Å²) in [6.45, 7) is 5.63. The molecule has 2 N–H and O–H groups in total. The van der Waals surface area contributed by atoms with E-state index < -0.39 is 6.10 Å². The lowest BCUT2D eigenvalue weighted by Gasteiger charge is -2.17.